The minimum absolute atomic E-state index is 0.0107. The zero-order valence-electron chi connectivity index (χ0n) is 11.4. The second-order valence-corrected chi connectivity index (χ2v) is 4.50. The summed E-state index contributed by atoms with van der Waals surface area (Å²) in [5.74, 6) is 0. The van der Waals surface area contributed by atoms with Gasteiger partial charge in [-0.3, -0.25) is 10.1 Å². The Kier molecular flexibility index (Phi) is 4.98. The highest BCUT2D eigenvalue weighted by atomic mass is 16.6. The molecule has 0 saturated heterocycles. The number of allylic oxidation sites excluding steroid dienone is 9. The third kappa shape index (κ3) is 4.10. The van der Waals surface area contributed by atoms with Crippen LogP contribution < -0.4 is 0 Å². The Morgan fingerprint density at radius 3 is 2.95 bits per heavy atom. The molecule has 0 bridgehead atoms. The van der Waals surface area contributed by atoms with E-state index in [1.807, 2.05) is 30.4 Å². The maximum atomic E-state index is 10.9. The lowest BCUT2D eigenvalue weighted by atomic mass is 10.0. The van der Waals surface area contributed by atoms with Crippen LogP contribution in [0.1, 0.15) is 17.8 Å². The van der Waals surface area contributed by atoms with Crippen molar-refractivity contribution in [1.82, 2.24) is 10.3 Å². The van der Waals surface area contributed by atoms with Crippen LogP contribution in [0.25, 0.3) is 0 Å². The fraction of sp³-hybridized carbons (Fsp3) is 0.200. The first-order chi connectivity index (χ1) is 10.2. The summed E-state index contributed by atoms with van der Waals surface area (Å²) in [5.41, 5.74) is 2.27. The van der Waals surface area contributed by atoms with Gasteiger partial charge in [-0.25, -0.2) is 4.63 Å². The lowest BCUT2D eigenvalue weighted by Crippen LogP contribution is -2.05. The summed E-state index contributed by atoms with van der Waals surface area (Å²) in [6.07, 6.45) is 14.1. The molecule has 1 heterocycles. The first-order valence-electron chi connectivity index (χ1n) is 6.48. The number of hydrogen-bond donors (Lipinski definition) is 0. The Balaban J connectivity index is 2.15. The molecule has 0 spiro atoms. The van der Waals surface area contributed by atoms with Crippen LogP contribution in [0.2, 0.25) is 0 Å². The van der Waals surface area contributed by atoms with E-state index in [0.717, 1.165) is 12.0 Å². The molecule has 21 heavy (non-hydrogen) atoms. The van der Waals surface area contributed by atoms with Crippen LogP contribution >= 0.6 is 0 Å². The molecule has 0 amide bonds. The van der Waals surface area contributed by atoms with E-state index in [1.54, 1.807) is 0 Å². The summed E-state index contributed by atoms with van der Waals surface area (Å²) in [6, 6.07) is 0. The zero-order chi connectivity index (χ0) is 15.1. The molecule has 0 aromatic carbocycles. The number of hydrogen-bond acceptors (Lipinski definition) is 5. The van der Waals surface area contributed by atoms with E-state index in [-0.39, 0.29) is 12.1 Å². The normalized spacial score (nSPS) is 14.7. The fourth-order valence-corrected chi connectivity index (χ4v) is 1.95. The number of nitrogens with zero attached hydrogens (tertiary/aromatic N) is 3. The molecule has 6 heteroatoms. The number of nitro groups is 1. The van der Waals surface area contributed by atoms with E-state index in [4.69, 9.17) is 4.63 Å². The number of rotatable bonds is 6. The van der Waals surface area contributed by atoms with Gasteiger partial charge in [-0.2, -0.15) is 0 Å². The Morgan fingerprint density at radius 2 is 2.19 bits per heavy atom. The van der Waals surface area contributed by atoms with Crippen molar-refractivity contribution in [2.75, 3.05) is 0 Å². The average Bonchev–Trinajstić information content (AvgIpc) is 2.72. The molecule has 0 radical (unpaired) electrons. The Bertz CT molecular complexity index is 651. The number of aromatic nitrogens is 2. The smallest absolute Gasteiger partial charge is 0.252 e. The van der Waals surface area contributed by atoms with Crippen molar-refractivity contribution in [3.05, 3.63) is 81.9 Å². The van der Waals surface area contributed by atoms with Gasteiger partial charge in [0.05, 0.1) is 11.3 Å². The van der Waals surface area contributed by atoms with Gasteiger partial charge in [0.15, 0.2) is 0 Å². The molecule has 1 aliphatic carbocycles. The van der Waals surface area contributed by atoms with Crippen molar-refractivity contribution in [3.63, 3.8) is 0 Å². The first-order valence-corrected chi connectivity index (χ1v) is 6.48. The molecular formula is C15H15N3O3. The van der Waals surface area contributed by atoms with Crippen LogP contribution in [-0.4, -0.2) is 15.2 Å². The predicted octanol–water partition coefficient (Wildman–Crippen LogP) is 2.94. The van der Waals surface area contributed by atoms with Crippen LogP contribution in [0.3, 0.4) is 0 Å². The average molecular weight is 285 g/mol. The third-order valence-electron chi connectivity index (χ3n) is 2.99. The second kappa shape index (κ2) is 7.14. The lowest BCUT2D eigenvalue weighted by molar-refractivity contribution is -0.427. The first kappa shape index (κ1) is 14.6. The summed E-state index contributed by atoms with van der Waals surface area (Å²) in [6.45, 7) is 3.47. The molecule has 0 aliphatic heterocycles. The lowest BCUT2D eigenvalue weighted by Gasteiger charge is -2.01. The maximum absolute atomic E-state index is 10.9. The molecule has 1 aliphatic rings. The van der Waals surface area contributed by atoms with Crippen molar-refractivity contribution >= 4 is 0 Å². The summed E-state index contributed by atoms with van der Waals surface area (Å²) in [7, 11) is 0. The van der Waals surface area contributed by atoms with Crippen molar-refractivity contribution in [1.29, 1.82) is 0 Å². The van der Waals surface area contributed by atoms with Gasteiger partial charge >= 0.3 is 0 Å². The summed E-state index contributed by atoms with van der Waals surface area (Å²) in [4.78, 5) is 10.5. The third-order valence-corrected chi connectivity index (χ3v) is 2.99. The van der Waals surface area contributed by atoms with Crippen LogP contribution in [0.4, 0.5) is 0 Å². The highest BCUT2D eigenvalue weighted by Gasteiger charge is 2.18. The van der Waals surface area contributed by atoms with Crippen molar-refractivity contribution < 1.29 is 9.55 Å². The Hall–Kier alpha value is -2.76. The molecule has 0 unspecified atom stereocenters. The Labute approximate surface area is 122 Å². The van der Waals surface area contributed by atoms with E-state index in [9.17, 15) is 10.1 Å². The SMILES string of the molecule is C=C/C=C(\Cc1nonc1CC1=CC=CC=CC1)[N+](=O)[O-]. The molecule has 0 saturated carbocycles. The van der Waals surface area contributed by atoms with Crippen LogP contribution in [-0.2, 0) is 12.8 Å². The standard InChI is InChI=1S/C15H15N3O3/c1-2-7-13(18(19)20)11-15-14(16-21-17-15)10-12-8-5-3-4-6-9-12/h2-8H,1,9-11H2/b13-7+. The van der Waals surface area contributed by atoms with Crippen molar-refractivity contribution in [3.8, 4) is 0 Å². The summed E-state index contributed by atoms with van der Waals surface area (Å²) >= 11 is 0. The highest BCUT2D eigenvalue weighted by molar-refractivity contribution is 5.28. The van der Waals surface area contributed by atoms with Crippen LogP contribution in [0.15, 0.2) is 65.0 Å². The van der Waals surface area contributed by atoms with E-state index in [0.29, 0.717) is 17.8 Å². The van der Waals surface area contributed by atoms with Crippen molar-refractivity contribution in [2.45, 2.75) is 19.3 Å². The summed E-state index contributed by atoms with van der Waals surface area (Å²) < 4.78 is 4.74. The molecule has 1 aromatic heterocycles. The second-order valence-electron chi connectivity index (χ2n) is 4.50. The zero-order valence-corrected chi connectivity index (χ0v) is 11.4. The van der Waals surface area contributed by atoms with Gasteiger partial charge in [-0.15, -0.1) is 0 Å². The van der Waals surface area contributed by atoms with Gasteiger partial charge in [0.1, 0.15) is 11.4 Å². The minimum Gasteiger partial charge on any atom is -0.259 e. The monoisotopic (exact) mass is 285 g/mol. The largest absolute Gasteiger partial charge is 0.259 e. The van der Waals surface area contributed by atoms with Gasteiger partial charge in [0, 0.05) is 12.5 Å². The topological polar surface area (TPSA) is 82.1 Å². The molecule has 0 atom stereocenters. The molecular weight excluding hydrogens is 270 g/mol. The van der Waals surface area contributed by atoms with Gasteiger partial charge in [-0.1, -0.05) is 58.9 Å². The van der Waals surface area contributed by atoms with Gasteiger partial charge in [-0.05, 0) is 6.42 Å². The van der Waals surface area contributed by atoms with E-state index in [1.165, 1.54) is 12.2 Å². The van der Waals surface area contributed by atoms with E-state index >= 15 is 0 Å². The fourth-order valence-electron chi connectivity index (χ4n) is 1.95. The van der Waals surface area contributed by atoms with Crippen LogP contribution in [0.5, 0.6) is 0 Å². The van der Waals surface area contributed by atoms with Gasteiger partial charge in [0.2, 0.25) is 0 Å². The molecule has 108 valence electrons. The maximum Gasteiger partial charge on any atom is 0.252 e. The van der Waals surface area contributed by atoms with E-state index < -0.39 is 4.92 Å². The predicted molar refractivity (Wildman–Crippen MR) is 78.0 cm³/mol. The molecule has 0 N–H and O–H groups in total. The molecule has 0 fully saturated rings. The van der Waals surface area contributed by atoms with Gasteiger partial charge in [0.25, 0.3) is 5.70 Å². The van der Waals surface area contributed by atoms with Crippen LogP contribution in [0, 0.1) is 10.1 Å². The van der Waals surface area contributed by atoms with Crippen molar-refractivity contribution in [2.24, 2.45) is 0 Å². The Morgan fingerprint density at radius 1 is 1.38 bits per heavy atom. The van der Waals surface area contributed by atoms with E-state index in [2.05, 4.69) is 16.9 Å². The highest BCUT2D eigenvalue weighted by Crippen LogP contribution is 2.17. The van der Waals surface area contributed by atoms with Gasteiger partial charge < -0.3 is 0 Å². The summed E-state index contributed by atoms with van der Waals surface area (Å²) in [5, 5.41) is 18.6. The quantitative estimate of drug-likeness (QED) is 0.456. The molecule has 6 nitrogen and oxygen atoms in total. The molecule has 1 aromatic rings. The minimum atomic E-state index is -0.448. The molecule has 2 rings (SSSR count).